The number of hydrogen-bond acceptors (Lipinski definition) is 3. The van der Waals surface area contributed by atoms with Crippen LogP contribution >= 0.6 is 34.2 Å². The van der Waals surface area contributed by atoms with E-state index in [0.717, 1.165) is 14.7 Å². The molecule has 0 saturated heterocycles. The van der Waals surface area contributed by atoms with Crippen LogP contribution < -0.4 is 0 Å². The maximum Gasteiger partial charge on any atom is 0.223 e. The van der Waals surface area contributed by atoms with E-state index >= 15 is 0 Å². The van der Waals surface area contributed by atoms with Crippen LogP contribution in [0.25, 0.3) is 11.0 Å². The molecule has 0 atom stereocenters. The zero-order chi connectivity index (χ0) is 7.84. The van der Waals surface area contributed by atoms with Crippen molar-refractivity contribution in [2.24, 2.45) is 0 Å². The van der Waals surface area contributed by atoms with Crippen molar-refractivity contribution in [2.75, 3.05) is 0 Å². The Morgan fingerprint density at radius 2 is 2.36 bits per heavy atom. The minimum atomic E-state index is 0.247. The van der Waals surface area contributed by atoms with E-state index in [-0.39, 0.29) is 5.28 Å². The molecule has 11 heavy (non-hydrogen) atoms. The second kappa shape index (κ2) is 2.56. The summed E-state index contributed by atoms with van der Waals surface area (Å²) in [7, 11) is 0. The molecule has 0 aromatic carbocycles. The van der Waals surface area contributed by atoms with E-state index in [2.05, 4.69) is 42.8 Å². The molecular formula is C5H2ClIN4. The third kappa shape index (κ3) is 1.18. The quantitative estimate of drug-likeness (QED) is 0.589. The molecule has 2 aromatic heterocycles. The summed E-state index contributed by atoms with van der Waals surface area (Å²) in [6, 6.07) is 0. The van der Waals surface area contributed by atoms with Crippen LogP contribution in [0.5, 0.6) is 0 Å². The fraction of sp³-hybridized carbons (Fsp3) is 0. The van der Waals surface area contributed by atoms with Gasteiger partial charge in [0.25, 0.3) is 0 Å². The van der Waals surface area contributed by atoms with Gasteiger partial charge in [0.05, 0.1) is 6.20 Å². The van der Waals surface area contributed by atoms with Crippen LogP contribution in [-0.2, 0) is 0 Å². The second-order valence-electron chi connectivity index (χ2n) is 1.92. The Kier molecular flexibility index (Phi) is 1.68. The highest BCUT2D eigenvalue weighted by Gasteiger charge is 2.03. The van der Waals surface area contributed by atoms with Crippen molar-refractivity contribution in [3.63, 3.8) is 0 Å². The summed E-state index contributed by atoms with van der Waals surface area (Å²) in [6.45, 7) is 0. The Morgan fingerprint density at radius 1 is 1.55 bits per heavy atom. The molecule has 56 valence electrons. The fourth-order valence-electron chi connectivity index (χ4n) is 0.762. The van der Waals surface area contributed by atoms with E-state index in [4.69, 9.17) is 11.6 Å². The van der Waals surface area contributed by atoms with Crippen molar-refractivity contribution in [3.8, 4) is 0 Å². The van der Waals surface area contributed by atoms with Gasteiger partial charge in [-0.15, -0.1) is 0 Å². The zero-order valence-electron chi connectivity index (χ0n) is 5.17. The Bertz CT molecular complexity index is 398. The molecule has 2 rings (SSSR count). The largest absolute Gasteiger partial charge is 0.274 e. The number of aromatic nitrogens is 4. The maximum absolute atomic E-state index is 5.58. The predicted octanol–water partition coefficient (Wildman–Crippen LogP) is 1.61. The van der Waals surface area contributed by atoms with E-state index < -0.39 is 0 Å². The lowest BCUT2D eigenvalue weighted by Gasteiger charge is -1.87. The highest BCUT2D eigenvalue weighted by Crippen LogP contribution is 2.15. The monoisotopic (exact) mass is 280 g/mol. The number of hydrogen-bond donors (Lipinski definition) is 1. The maximum atomic E-state index is 5.58. The van der Waals surface area contributed by atoms with Gasteiger partial charge in [-0.05, 0) is 34.2 Å². The van der Waals surface area contributed by atoms with E-state index in [9.17, 15) is 0 Å². The Labute approximate surface area is 80.5 Å². The lowest BCUT2D eigenvalue weighted by molar-refractivity contribution is 1.09. The SMILES string of the molecule is Clc1ncc2[nH]nc(I)c2n1. The first-order valence-corrected chi connectivity index (χ1v) is 4.25. The Morgan fingerprint density at radius 3 is 3.18 bits per heavy atom. The summed E-state index contributed by atoms with van der Waals surface area (Å²) in [5, 5.41) is 6.96. The second-order valence-corrected chi connectivity index (χ2v) is 3.28. The number of fused-ring (bicyclic) bond motifs is 1. The molecule has 0 unspecified atom stereocenters. The minimum Gasteiger partial charge on any atom is -0.274 e. The normalized spacial score (nSPS) is 10.7. The van der Waals surface area contributed by atoms with Crippen molar-refractivity contribution in [3.05, 3.63) is 15.2 Å². The number of aromatic amines is 1. The van der Waals surface area contributed by atoms with Crippen molar-refractivity contribution in [1.82, 2.24) is 20.2 Å². The molecule has 0 saturated carbocycles. The number of nitrogens with one attached hydrogen (secondary N) is 1. The lowest BCUT2D eigenvalue weighted by atomic mass is 10.5. The molecule has 0 aliphatic carbocycles. The summed E-state index contributed by atoms with van der Waals surface area (Å²) in [5.41, 5.74) is 1.57. The first-order chi connectivity index (χ1) is 5.27. The standard InChI is InChI=1S/C5H2ClIN4/c6-5-8-1-2-3(9-5)4(7)11-10-2/h1H,(H,10,11). The fourth-order valence-corrected chi connectivity index (χ4v) is 1.43. The van der Waals surface area contributed by atoms with E-state index in [0.29, 0.717) is 0 Å². The topological polar surface area (TPSA) is 54.5 Å². The Hall–Kier alpha value is -0.430. The minimum absolute atomic E-state index is 0.247. The van der Waals surface area contributed by atoms with Gasteiger partial charge in [0.1, 0.15) is 14.7 Å². The van der Waals surface area contributed by atoms with E-state index in [1.165, 1.54) is 0 Å². The third-order valence-corrected chi connectivity index (χ3v) is 2.16. The average Bonchev–Trinajstić information content (AvgIpc) is 2.33. The van der Waals surface area contributed by atoms with Crippen molar-refractivity contribution < 1.29 is 0 Å². The van der Waals surface area contributed by atoms with Gasteiger partial charge >= 0.3 is 0 Å². The van der Waals surface area contributed by atoms with Crippen molar-refractivity contribution in [1.29, 1.82) is 0 Å². The Balaban J connectivity index is 2.87. The van der Waals surface area contributed by atoms with Crippen LogP contribution in [0.15, 0.2) is 6.20 Å². The zero-order valence-corrected chi connectivity index (χ0v) is 8.09. The van der Waals surface area contributed by atoms with Crippen molar-refractivity contribution >= 4 is 45.2 Å². The van der Waals surface area contributed by atoms with Gasteiger partial charge < -0.3 is 0 Å². The highest BCUT2D eigenvalue weighted by atomic mass is 127. The number of halogens is 2. The highest BCUT2D eigenvalue weighted by molar-refractivity contribution is 14.1. The molecule has 0 aliphatic heterocycles. The predicted molar refractivity (Wildman–Crippen MR) is 49.4 cm³/mol. The average molecular weight is 280 g/mol. The van der Waals surface area contributed by atoms with Crippen molar-refractivity contribution in [2.45, 2.75) is 0 Å². The molecular weight excluding hydrogens is 278 g/mol. The molecule has 0 aliphatic rings. The third-order valence-electron chi connectivity index (χ3n) is 1.23. The summed E-state index contributed by atoms with van der Waals surface area (Å²) in [5.74, 6) is 0. The lowest BCUT2D eigenvalue weighted by Crippen LogP contribution is -1.81. The smallest absolute Gasteiger partial charge is 0.223 e. The summed E-state index contributed by atoms with van der Waals surface area (Å²) >= 11 is 7.66. The van der Waals surface area contributed by atoms with Crippen LogP contribution in [0.2, 0.25) is 5.28 Å². The van der Waals surface area contributed by atoms with Gasteiger partial charge in [-0.2, -0.15) is 5.10 Å². The number of rotatable bonds is 0. The van der Waals surface area contributed by atoms with Gasteiger partial charge in [-0.3, -0.25) is 5.10 Å². The molecule has 2 heterocycles. The van der Waals surface area contributed by atoms with Gasteiger partial charge in [0.15, 0.2) is 0 Å². The van der Waals surface area contributed by atoms with E-state index in [1.807, 2.05) is 0 Å². The molecule has 0 radical (unpaired) electrons. The van der Waals surface area contributed by atoms with Crippen LogP contribution in [0.3, 0.4) is 0 Å². The van der Waals surface area contributed by atoms with Crippen LogP contribution in [-0.4, -0.2) is 20.2 Å². The van der Waals surface area contributed by atoms with Crippen LogP contribution in [0, 0.1) is 3.70 Å². The molecule has 0 fully saturated rings. The molecule has 2 aromatic rings. The van der Waals surface area contributed by atoms with Gasteiger partial charge in [0, 0.05) is 0 Å². The van der Waals surface area contributed by atoms with E-state index in [1.54, 1.807) is 6.20 Å². The summed E-state index contributed by atoms with van der Waals surface area (Å²) in [4.78, 5) is 7.79. The summed E-state index contributed by atoms with van der Waals surface area (Å²) in [6.07, 6.45) is 1.61. The first-order valence-electron chi connectivity index (χ1n) is 2.79. The molecule has 6 heteroatoms. The molecule has 0 amide bonds. The molecule has 0 bridgehead atoms. The van der Waals surface area contributed by atoms with Crippen LogP contribution in [0.4, 0.5) is 0 Å². The summed E-state index contributed by atoms with van der Waals surface area (Å²) < 4.78 is 0.807. The first kappa shape index (κ1) is 7.23. The molecule has 1 N–H and O–H groups in total. The van der Waals surface area contributed by atoms with Gasteiger partial charge in [-0.25, -0.2) is 9.97 Å². The van der Waals surface area contributed by atoms with Gasteiger partial charge in [0.2, 0.25) is 5.28 Å². The number of H-pyrrole nitrogens is 1. The molecule has 4 nitrogen and oxygen atoms in total. The van der Waals surface area contributed by atoms with Gasteiger partial charge in [-0.1, -0.05) is 0 Å². The van der Waals surface area contributed by atoms with Crippen LogP contribution in [0.1, 0.15) is 0 Å². The molecule has 0 spiro atoms. The number of nitrogens with zero attached hydrogens (tertiary/aromatic N) is 3.